The molecule has 10 nitrogen and oxygen atoms in total. The lowest BCUT2D eigenvalue weighted by molar-refractivity contribution is -0.0442. The van der Waals surface area contributed by atoms with Crippen molar-refractivity contribution in [2.24, 2.45) is 5.92 Å². The molecule has 3 aromatic heterocycles. The third-order valence-corrected chi connectivity index (χ3v) is 11.8. The quantitative estimate of drug-likeness (QED) is 0.175. The third-order valence-electron chi connectivity index (χ3n) is 8.42. The van der Waals surface area contributed by atoms with E-state index in [0.29, 0.717) is 22.2 Å². The van der Waals surface area contributed by atoms with Gasteiger partial charge in [0.25, 0.3) is 0 Å². The first-order valence-corrected chi connectivity index (χ1v) is 17.1. The SMILES string of the molecule is Cc1nc(NCc2c(F)cccc2F)nc(N[C@@]2(O)CC[C@H](CS(=O)(=O)C(C)C)[C@H]2O)c1-c1nc2c(C3CC3)nccc2s1. The Morgan fingerprint density at radius 3 is 2.52 bits per heavy atom. The number of benzene rings is 1. The van der Waals surface area contributed by atoms with E-state index in [1.807, 2.05) is 6.07 Å². The van der Waals surface area contributed by atoms with Gasteiger partial charge < -0.3 is 20.8 Å². The molecular weight excluding hydrogens is 610 g/mol. The molecule has 44 heavy (non-hydrogen) atoms. The molecule has 1 aromatic carbocycles. The van der Waals surface area contributed by atoms with Crippen LogP contribution in [-0.4, -0.2) is 61.4 Å². The van der Waals surface area contributed by atoms with Crippen molar-refractivity contribution in [2.75, 3.05) is 16.4 Å². The van der Waals surface area contributed by atoms with E-state index < -0.39 is 44.5 Å². The Morgan fingerprint density at radius 2 is 1.84 bits per heavy atom. The second kappa shape index (κ2) is 11.5. The van der Waals surface area contributed by atoms with Gasteiger partial charge in [-0.05, 0) is 64.7 Å². The highest BCUT2D eigenvalue weighted by atomic mass is 32.2. The Balaban J connectivity index is 1.38. The van der Waals surface area contributed by atoms with Crippen molar-refractivity contribution in [2.45, 2.75) is 76.0 Å². The van der Waals surface area contributed by atoms with E-state index in [2.05, 4.69) is 25.6 Å². The molecule has 4 N–H and O–H groups in total. The Bertz CT molecular complexity index is 1810. The number of aliphatic hydroxyl groups is 2. The number of aryl methyl sites for hydroxylation is 1. The van der Waals surface area contributed by atoms with Gasteiger partial charge in [0.05, 0.1) is 32.7 Å². The van der Waals surface area contributed by atoms with Gasteiger partial charge in [0.2, 0.25) is 5.95 Å². The van der Waals surface area contributed by atoms with Crippen LogP contribution in [0.1, 0.15) is 62.4 Å². The fourth-order valence-electron chi connectivity index (χ4n) is 5.61. The van der Waals surface area contributed by atoms with Crippen molar-refractivity contribution in [3.05, 3.63) is 59.0 Å². The standard InChI is InChI=1S/C30H34F2N6O4S2/c1-15(2)44(41,42)14-18-9-11-30(40,26(18)39)38-27-23(28-36-25-22(43-28)10-12-33-24(25)17-7-8-17)16(3)35-29(37-27)34-13-19-20(31)5-4-6-21(19)32/h4-6,10,12,15,17-18,26,39-40H,7-9,11,13-14H2,1-3H3,(H2,34,35,37,38)/t18-,26-,30-/m1/s1. The predicted molar refractivity (Wildman–Crippen MR) is 165 cm³/mol. The van der Waals surface area contributed by atoms with Crippen LogP contribution in [0.5, 0.6) is 0 Å². The Labute approximate surface area is 257 Å². The Morgan fingerprint density at radius 1 is 1.11 bits per heavy atom. The normalized spacial score (nSPS) is 22.2. The number of anilines is 2. The molecule has 0 unspecified atom stereocenters. The zero-order valence-electron chi connectivity index (χ0n) is 24.5. The smallest absolute Gasteiger partial charge is 0.225 e. The fourth-order valence-corrected chi connectivity index (χ4v) is 8.01. The van der Waals surface area contributed by atoms with E-state index in [9.17, 15) is 27.4 Å². The fraction of sp³-hybridized carbons (Fsp3) is 0.467. The molecule has 2 saturated carbocycles. The van der Waals surface area contributed by atoms with Crippen molar-refractivity contribution >= 4 is 43.2 Å². The van der Waals surface area contributed by atoms with Crippen molar-refractivity contribution < 1.29 is 27.4 Å². The van der Waals surface area contributed by atoms with E-state index in [4.69, 9.17) is 4.98 Å². The summed E-state index contributed by atoms with van der Waals surface area (Å²) in [6.45, 7) is 4.66. The highest BCUT2D eigenvalue weighted by Crippen LogP contribution is 2.45. The first kappa shape index (κ1) is 30.7. The molecule has 4 aromatic rings. The third kappa shape index (κ3) is 5.87. The van der Waals surface area contributed by atoms with Crippen LogP contribution in [0.2, 0.25) is 0 Å². The first-order valence-electron chi connectivity index (χ1n) is 14.6. The Hall–Kier alpha value is -3.33. The molecule has 234 valence electrons. The van der Waals surface area contributed by atoms with Crippen molar-refractivity contribution in [3.8, 4) is 10.6 Å². The number of fused-ring (bicyclic) bond motifs is 1. The zero-order valence-corrected chi connectivity index (χ0v) is 26.1. The van der Waals surface area contributed by atoms with Gasteiger partial charge in [0.1, 0.15) is 34.1 Å². The topological polar surface area (TPSA) is 150 Å². The van der Waals surface area contributed by atoms with Gasteiger partial charge in [0, 0.05) is 30.1 Å². The molecule has 0 amide bonds. The molecule has 0 saturated heterocycles. The monoisotopic (exact) mass is 644 g/mol. The zero-order chi connectivity index (χ0) is 31.4. The summed E-state index contributed by atoms with van der Waals surface area (Å²) < 4.78 is 54.8. The maximum atomic E-state index is 14.3. The molecule has 2 fully saturated rings. The molecule has 2 aliphatic carbocycles. The molecule has 0 radical (unpaired) electrons. The molecule has 0 bridgehead atoms. The van der Waals surface area contributed by atoms with Crippen molar-refractivity contribution in [1.29, 1.82) is 0 Å². The van der Waals surface area contributed by atoms with Crippen LogP contribution >= 0.6 is 11.3 Å². The summed E-state index contributed by atoms with van der Waals surface area (Å²) in [6.07, 6.45) is 2.78. The number of aromatic nitrogens is 4. The van der Waals surface area contributed by atoms with Crippen LogP contribution in [0.4, 0.5) is 20.5 Å². The molecule has 0 aliphatic heterocycles. The maximum Gasteiger partial charge on any atom is 0.225 e. The molecule has 6 rings (SSSR count). The van der Waals surface area contributed by atoms with Crippen LogP contribution in [-0.2, 0) is 16.4 Å². The summed E-state index contributed by atoms with van der Waals surface area (Å²) in [5.41, 5.74) is 0.582. The maximum absolute atomic E-state index is 14.3. The molecule has 3 heterocycles. The summed E-state index contributed by atoms with van der Waals surface area (Å²) in [5.74, 6) is -1.85. The largest absolute Gasteiger partial charge is 0.388 e. The first-order chi connectivity index (χ1) is 20.9. The van der Waals surface area contributed by atoms with Gasteiger partial charge in [-0.1, -0.05) is 6.07 Å². The molecule has 14 heteroatoms. The molecule has 2 aliphatic rings. The van der Waals surface area contributed by atoms with E-state index >= 15 is 0 Å². The van der Waals surface area contributed by atoms with Crippen molar-refractivity contribution in [3.63, 3.8) is 0 Å². The number of pyridine rings is 1. The number of aliphatic hydroxyl groups excluding tert-OH is 1. The van der Waals surface area contributed by atoms with Crippen LogP contribution in [0.15, 0.2) is 30.5 Å². The number of halogens is 2. The average molecular weight is 645 g/mol. The average Bonchev–Trinajstić information content (AvgIpc) is 3.66. The molecular formula is C30H34F2N6O4S2. The second-order valence-corrected chi connectivity index (χ2v) is 15.5. The van der Waals surface area contributed by atoms with Gasteiger partial charge in [-0.15, -0.1) is 11.3 Å². The summed E-state index contributed by atoms with van der Waals surface area (Å²) in [4.78, 5) is 18.6. The Kier molecular flexibility index (Phi) is 8.05. The van der Waals surface area contributed by atoms with E-state index in [-0.39, 0.29) is 42.5 Å². The lowest BCUT2D eigenvalue weighted by atomic mass is 10.0. The summed E-state index contributed by atoms with van der Waals surface area (Å²) in [6, 6.07) is 5.49. The predicted octanol–water partition coefficient (Wildman–Crippen LogP) is 4.92. The second-order valence-electron chi connectivity index (χ2n) is 11.9. The number of hydrogen-bond donors (Lipinski definition) is 4. The molecule has 3 atom stereocenters. The van der Waals surface area contributed by atoms with E-state index in [1.54, 1.807) is 27.0 Å². The minimum atomic E-state index is -3.47. The molecule has 0 spiro atoms. The van der Waals surface area contributed by atoms with Gasteiger partial charge in [-0.3, -0.25) is 4.98 Å². The van der Waals surface area contributed by atoms with Gasteiger partial charge in [-0.25, -0.2) is 27.2 Å². The summed E-state index contributed by atoms with van der Waals surface area (Å²) in [7, 11) is -3.47. The van der Waals surface area contributed by atoms with Gasteiger partial charge in [0.15, 0.2) is 15.6 Å². The van der Waals surface area contributed by atoms with E-state index in [1.165, 1.54) is 17.4 Å². The van der Waals surface area contributed by atoms with Crippen molar-refractivity contribution in [1.82, 2.24) is 19.9 Å². The van der Waals surface area contributed by atoms with Gasteiger partial charge in [-0.2, -0.15) is 4.98 Å². The lowest BCUT2D eigenvalue weighted by Gasteiger charge is -2.31. The number of thiazole rings is 1. The van der Waals surface area contributed by atoms with Crippen LogP contribution in [0, 0.1) is 24.5 Å². The van der Waals surface area contributed by atoms with Crippen LogP contribution in [0.3, 0.4) is 0 Å². The number of sulfone groups is 1. The summed E-state index contributed by atoms with van der Waals surface area (Å²) in [5, 5.41) is 28.7. The summed E-state index contributed by atoms with van der Waals surface area (Å²) >= 11 is 1.41. The van der Waals surface area contributed by atoms with E-state index in [0.717, 1.165) is 40.9 Å². The number of hydrogen-bond acceptors (Lipinski definition) is 11. The minimum absolute atomic E-state index is 0.0351. The number of nitrogens with zero attached hydrogens (tertiary/aromatic N) is 4. The lowest BCUT2D eigenvalue weighted by Crippen LogP contribution is -2.48. The van der Waals surface area contributed by atoms with Gasteiger partial charge >= 0.3 is 0 Å². The highest BCUT2D eigenvalue weighted by molar-refractivity contribution is 7.91. The number of rotatable bonds is 10. The van der Waals surface area contributed by atoms with Crippen LogP contribution in [0.25, 0.3) is 20.8 Å². The minimum Gasteiger partial charge on any atom is -0.388 e. The highest BCUT2D eigenvalue weighted by Gasteiger charge is 2.49. The van der Waals surface area contributed by atoms with Crippen LogP contribution < -0.4 is 10.6 Å². The number of nitrogens with one attached hydrogen (secondary N) is 2.